The smallest absolute Gasteiger partial charge is 0.436 e. The van der Waals surface area contributed by atoms with Gasteiger partial charge < -0.3 is 10.2 Å². The standard InChI is InChI=1S/C9H11F3N2O/c10-9(11,12)6-5-15-7(14-6)8(13)3-1-2-4-8/h5H,1-4,13H2. The molecule has 0 aromatic carbocycles. The van der Waals surface area contributed by atoms with Crippen LogP contribution in [0.2, 0.25) is 0 Å². The first-order chi connectivity index (χ1) is 6.92. The molecule has 0 atom stereocenters. The Morgan fingerprint density at radius 1 is 1.33 bits per heavy atom. The minimum Gasteiger partial charge on any atom is -0.446 e. The summed E-state index contributed by atoms with van der Waals surface area (Å²) >= 11 is 0. The second kappa shape index (κ2) is 3.23. The first-order valence-electron chi connectivity index (χ1n) is 4.74. The van der Waals surface area contributed by atoms with Crippen LogP contribution in [0.15, 0.2) is 10.7 Å². The first kappa shape index (κ1) is 10.5. The number of alkyl halides is 3. The van der Waals surface area contributed by atoms with Crippen LogP contribution in [0.1, 0.15) is 37.3 Å². The normalized spacial score (nSPS) is 20.8. The molecular formula is C9H11F3N2O. The van der Waals surface area contributed by atoms with Gasteiger partial charge in [-0.2, -0.15) is 13.2 Å². The Labute approximate surface area is 84.5 Å². The van der Waals surface area contributed by atoms with Crippen molar-refractivity contribution in [3.05, 3.63) is 17.8 Å². The fourth-order valence-corrected chi connectivity index (χ4v) is 1.85. The maximum atomic E-state index is 12.2. The van der Waals surface area contributed by atoms with Gasteiger partial charge in [-0.05, 0) is 12.8 Å². The van der Waals surface area contributed by atoms with Crippen LogP contribution in [0.3, 0.4) is 0 Å². The third-order valence-electron chi connectivity index (χ3n) is 2.72. The molecule has 0 saturated heterocycles. The van der Waals surface area contributed by atoms with Gasteiger partial charge in [-0.25, -0.2) is 4.98 Å². The second-order valence-electron chi connectivity index (χ2n) is 3.90. The van der Waals surface area contributed by atoms with Gasteiger partial charge in [0.2, 0.25) is 5.89 Å². The maximum Gasteiger partial charge on any atom is 0.436 e. The summed E-state index contributed by atoms with van der Waals surface area (Å²) in [7, 11) is 0. The molecule has 1 saturated carbocycles. The van der Waals surface area contributed by atoms with Gasteiger partial charge in [0.05, 0.1) is 5.54 Å². The number of hydrogen-bond acceptors (Lipinski definition) is 3. The van der Waals surface area contributed by atoms with Gasteiger partial charge >= 0.3 is 6.18 Å². The highest BCUT2D eigenvalue weighted by atomic mass is 19.4. The van der Waals surface area contributed by atoms with Crippen molar-refractivity contribution >= 4 is 0 Å². The van der Waals surface area contributed by atoms with E-state index in [2.05, 4.69) is 4.98 Å². The number of rotatable bonds is 1. The summed E-state index contributed by atoms with van der Waals surface area (Å²) in [4.78, 5) is 3.42. The molecular weight excluding hydrogens is 209 g/mol. The van der Waals surface area contributed by atoms with Crippen LogP contribution in [0.4, 0.5) is 13.2 Å². The van der Waals surface area contributed by atoms with E-state index in [1.165, 1.54) is 0 Å². The van der Waals surface area contributed by atoms with Crippen LogP contribution >= 0.6 is 0 Å². The molecule has 6 heteroatoms. The van der Waals surface area contributed by atoms with Crippen molar-refractivity contribution in [1.29, 1.82) is 0 Å². The predicted molar refractivity (Wildman–Crippen MR) is 45.8 cm³/mol. The van der Waals surface area contributed by atoms with Crippen LogP contribution in [-0.2, 0) is 11.7 Å². The van der Waals surface area contributed by atoms with E-state index in [4.69, 9.17) is 10.2 Å². The molecule has 1 aliphatic rings. The molecule has 1 fully saturated rings. The van der Waals surface area contributed by atoms with Crippen molar-refractivity contribution in [3.8, 4) is 0 Å². The van der Waals surface area contributed by atoms with Crippen LogP contribution < -0.4 is 5.73 Å². The van der Waals surface area contributed by atoms with E-state index in [0.29, 0.717) is 19.1 Å². The highest BCUT2D eigenvalue weighted by Crippen LogP contribution is 2.37. The summed E-state index contributed by atoms with van der Waals surface area (Å²) in [5, 5.41) is 0. The average molecular weight is 220 g/mol. The molecule has 2 N–H and O–H groups in total. The molecule has 0 amide bonds. The lowest BCUT2D eigenvalue weighted by Crippen LogP contribution is -2.33. The molecule has 0 aliphatic heterocycles. The molecule has 1 heterocycles. The van der Waals surface area contributed by atoms with Crippen LogP contribution in [-0.4, -0.2) is 4.98 Å². The molecule has 2 rings (SSSR count). The monoisotopic (exact) mass is 220 g/mol. The lowest BCUT2D eigenvalue weighted by molar-refractivity contribution is -0.141. The first-order valence-corrected chi connectivity index (χ1v) is 4.74. The molecule has 0 bridgehead atoms. The molecule has 1 aliphatic carbocycles. The van der Waals surface area contributed by atoms with E-state index in [1.54, 1.807) is 0 Å². The van der Waals surface area contributed by atoms with Crippen molar-refractivity contribution in [2.45, 2.75) is 37.4 Å². The summed E-state index contributed by atoms with van der Waals surface area (Å²) < 4.78 is 41.6. The second-order valence-corrected chi connectivity index (χ2v) is 3.90. The summed E-state index contributed by atoms with van der Waals surface area (Å²) in [6.45, 7) is 0. The SMILES string of the molecule is NC1(c2nc(C(F)(F)F)co2)CCCC1. The molecule has 0 radical (unpaired) electrons. The van der Waals surface area contributed by atoms with E-state index in [-0.39, 0.29) is 5.89 Å². The molecule has 84 valence electrons. The summed E-state index contributed by atoms with van der Waals surface area (Å²) in [5.41, 5.74) is 4.11. The molecule has 3 nitrogen and oxygen atoms in total. The average Bonchev–Trinajstić information content (AvgIpc) is 2.69. The van der Waals surface area contributed by atoms with Crippen molar-refractivity contribution in [3.63, 3.8) is 0 Å². The molecule has 1 aromatic rings. The van der Waals surface area contributed by atoms with Gasteiger partial charge in [-0.3, -0.25) is 0 Å². The van der Waals surface area contributed by atoms with E-state index in [0.717, 1.165) is 12.8 Å². The Morgan fingerprint density at radius 2 is 1.93 bits per heavy atom. The van der Waals surface area contributed by atoms with Gasteiger partial charge in [0, 0.05) is 0 Å². The highest BCUT2D eigenvalue weighted by molar-refractivity contribution is 5.10. The number of aromatic nitrogens is 1. The van der Waals surface area contributed by atoms with Crippen molar-refractivity contribution in [2.75, 3.05) is 0 Å². The Bertz CT molecular complexity index is 352. The van der Waals surface area contributed by atoms with Crippen LogP contribution in [0.5, 0.6) is 0 Å². The zero-order valence-electron chi connectivity index (χ0n) is 7.97. The zero-order chi connectivity index (χ0) is 11.1. The predicted octanol–water partition coefficient (Wildman–Crippen LogP) is 2.42. The zero-order valence-corrected chi connectivity index (χ0v) is 7.97. The van der Waals surface area contributed by atoms with Gasteiger partial charge in [0.25, 0.3) is 0 Å². The molecule has 1 aromatic heterocycles. The van der Waals surface area contributed by atoms with E-state index in [1.807, 2.05) is 0 Å². The number of nitrogens with zero attached hydrogens (tertiary/aromatic N) is 1. The summed E-state index contributed by atoms with van der Waals surface area (Å²) in [5.74, 6) is 0.00678. The topological polar surface area (TPSA) is 52.0 Å². The van der Waals surface area contributed by atoms with E-state index in [9.17, 15) is 13.2 Å². The third-order valence-corrected chi connectivity index (χ3v) is 2.72. The van der Waals surface area contributed by atoms with Crippen molar-refractivity contribution < 1.29 is 17.6 Å². The lowest BCUT2D eigenvalue weighted by Gasteiger charge is -2.18. The highest BCUT2D eigenvalue weighted by Gasteiger charge is 2.40. The number of halogens is 3. The Kier molecular flexibility index (Phi) is 2.26. The minimum atomic E-state index is -4.46. The van der Waals surface area contributed by atoms with Crippen molar-refractivity contribution in [1.82, 2.24) is 4.98 Å². The van der Waals surface area contributed by atoms with Gasteiger partial charge in [0.15, 0.2) is 5.69 Å². The quantitative estimate of drug-likeness (QED) is 0.790. The molecule has 0 unspecified atom stereocenters. The van der Waals surface area contributed by atoms with Gasteiger partial charge in [0.1, 0.15) is 6.26 Å². The summed E-state index contributed by atoms with van der Waals surface area (Å²) in [6, 6.07) is 0. The van der Waals surface area contributed by atoms with Crippen molar-refractivity contribution in [2.24, 2.45) is 5.73 Å². The van der Waals surface area contributed by atoms with Crippen LogP contribution in [0.25, 0.3) is 0 Å². The van der Waals surface area contributed by atoms with Crippen LogP contribution in [0, 0.1) is 0 Å². The lowest BCUT2D eigenvalue weighted by atomic mass is 9.99. The largest absolute Gasteiger partial charge is 0.446 e. The Hall–Kier alpha value is -1.04. The fraction of sp³-hybridized carbons (Fsp3) is 0.667. The molecule has 15 heavy (non-hydrogen) atoms. The Balaban J connectivity index is 2.27. The molecule has 0 spiro atoms. The van der Waals surface area contributed by atoms with Gasteiger partial charge in [-0.15, -0.1) is 0 Å². The number of hydrogen-bond donors (Lipinski definition) is 1. The Morgan fingerprint density at radius 3 is 2.40 bits per heavy atom. The van der Waals surface area contributed by atoms with Gasteiger partial charge in [-0.1, -0.05) is 12.8 Å². The van der Waals surface area contributed by atoms with E-state index >= 15 is 0 Å². The minimum absolute atomic E-state index is 0.00678. The fourth-order valence-electron chi connectivity index (χ4n) is 1.85. The number of nitrogens with two attached hydrogens (primary N) is 1. The number of oxazole rings is 1. The van der Waals surface area contributed by atoms with E-state index < -0.39 is 17.4 Å². The summed E-state index contributed by atoms with van der Waals surface area (Å²) in [6.07, 6.45) is -0.769. The maximum absolute atomic E-state index is 12.2. The third kappa shape index (κ3) is 1.86.